The number of fused-ring (bicyclic) bond motifs is 1. The molecule has 20 heavy (non-hydrogen) atoms. The molecule has 2 aromatic carbocycles. The number of thiazole rings is 1. The molecule has 0 fully saturated rings. The summed E-state index contributed by atoms with van der Waals surface area (Å²) in [5.41, 5.74) is 0.985. The summed E-state index contributed by atoms with van der Waals surface area (Å²) >= 11 is 11.3. The second-order valence-corrected chi connectivity index (χ2v) is 6.05. The zero-order valence-corrected chi connectivity index (χ0v) is 13.4. The summed E-state index contributed by atoms with van der Waals surface area (Å²) in [6.45, 7) is 2.67. The number of ether oxygens (including phenoxy) is 1. The maximum Gasteiger partial charge on any atom is 0.148 e. The molecule has 0 atom stereocenters. The van der Waals surface area contributed by atoms with Crippen molar-refractivity contribution in [1.29, 1.82) is 0 Å². The minimum atomic E-state index is 0.693. The molecule has 3 aromatic rings. The Hall–Kier alpha value is -1.23. The summed E-state index contributed by atoms with van der Waals surface area (Å²) in [6.07, 6.45) is 0. The first-order valence-corrected chi connectivity index (χ1v) is 7.76. The molecule has 3 rings (SSSR count). The lowest BCUT2D eigenvalue weighted by Gasteiger charge is -2.00. The molecule has 0 amide bonds. The lowest BCUT2D eigenvalue weighted by atomic mass is 10.3. The molecular weight excluding hydrogens is 310 g/mol. The van der Waals surface area contributed by atoms with Gasteiger partial charge in [0.2, 0.25) is 0 Å². The van der Waals surface area contributed by atoms with Crippen LogP contribution in [0.5, 0.6) is 5.75 Å². The molecule has 1 heterocycles. The predicted octanol–water partition coefficient (Wildman–Crippen LogP) is 5.32. The molecule has 5 heteroatoms. The summed E-state index contributed by atoms with van der Waals surface area (Å²) in [5, 5.41) is 0.794. The molecule has 0 aliphatic rings. The molecule has 104 valence electrons. The Labute approximate surface area is 132 Å². The van der Waals surface area contributed by atoms with E-state index in [1.54, 1.807) is 11.3 Å². The Kier molecular flexibility index (Phi) is 5.71. The minimum Gasteiger partial charge on any atom is -0.494 e. The molecule has 0 spiro atoms. The molecule has 0 unspecified atom stereocenters. The van der Waals surface area contributed by atoms with Crippen LogP contribution in [0.4, 0.5) is 0 Å². The lowest BCUT2D eigenvalue weighted by Crippen LogP contribution is -1.89. The van der Waals surface area contributed by atoms with E-state index in [2.05, 4.69) is 17.6 Å². The summed E-state index contributed by atoms with van der Waals surface area (Å²) in [4.78, 5) is 4.24. The standard InChI is InChI=1S/C9H9NOS2.C6H5Cl/c1-2-11-6-3-4-7-8(5-6)13-9(12)10-7;7-6-4-2-1-3-5-6/h3-5H,2H2,1H3,(H,10,12);1-5H. The van der Waals surface area contributed by atoms with Gasteiger partial charge < -0.3 is 4.74 Å². The van der Waals surface area contributed by atoms with Gasteiger partial charge in [0, 0.05) is 5.02 Å². The smallest absolute Gasteiger partial charge is 0.148 e. The van der Waals surface area contributed by atoms with E-state index in [-0.39, 0.29) is 0 Å². The summed E-state index contributed by atoms with van der Waals surface area (Å²) in [7, 11) is 0. The van der Waals surface area contributed by atoms with Gasteiger partial charge in [0.15, 0.2) is 0 Å². The average molecular weight is 324 g/mol. The summed E-state index contributed by atoms with van der Waals surface area (Å²) in [6, 6.07) is 15.3. The molecule has 0 aliphatic carbocycles. The van der Waals surface area contributed by atoms with Crippen LogP contribution < -0.4 is 4.74 Å². The monoisotopic (exact) mass is 323 g/mol. The Morgan fingerprint density at radius 3 is 2.55 bits per heavy atom. The summed E-state index contributed by atoms with van der Waals surface area (Å²) < 4.78 is 7.29. The van der Waals surface area contributed by atoms with Crippen molar-refractivity contribution in [3.63, 3.8) is 0 Å². The fourth-order valence-corrected chi connectivity index (χ4v) is 2.85. The van der Waals surface area contributed by atoms with E-state index >= 15 is 0 Å². The largest absolute Gasteiger partial charge is 0.494 e. The van der Waals surface area contributed by atoms with Crippen molar-refractivity contribution >= 4 is 45.8 Å². The SMILES string of the molecule is CCOc1ccc2nc(S)sc2c1.Clc1ccccc1. The van der Waals surface area contributed by atoms with Crippen molar-refractivity contribution in [2.75, 3.05) is 6.61 Å². The van der Waals surface area contributed by atoms with Gasteiger partial charge in [0.05, 0.1) is 16.8 Å². The van der Waals surface area contributed by atoms with Gasteiger partial charge in [0.1, 0.15) is 10.1 Å². The Morgan fingerprint density at radius 1 is 1.20 bits per heavy atom. The average Bonchev–Trinajstić information content (AvgIpc) is 2.80. The number of hydrogen-bond acceptors (Lipinski definition) is 4. The number of benzene rings is 2. The second kappa shape index (κ2) is 7.53. The number of hydrogen-bond donors (Lipinski definition) is 1. The van der Waals surface area contributed by atoms with E-state index < -0.39 is 0 Å². The number of rotatable bonds is 2. The van der Waals surface area contributed by atoms with Gasteiger partial charge in [-0.25, -0.2) is 4.98 Å². The van der Waals surface area contributed by atoms with E-state index in [9.17, 15) is 0 Å². The highest BCUT2D eigenvalue weighted by molar-refractivity contribution is 7.82. The van der Waals surface area contributed by atoms with Crippen LogP contribution in [0.1, 0.15) is 6.92 Å². The topological polar surface area (TPSA) is 22.1 Å². The quantitative estimate of drug-likeness (QED) is 0.644. The maximum atomic E-state index is 5.54. The van der Waals surface area contributed by atoms with Crippen LogP contribution in [-0.2, 0) is 0 Å². The van der Waals surface area contributed by atoms with Crippen molar-refractivity contribution in [1.82, 2.24) is 4.98 Å². The van der Waals surface area contributed by atoms with Crippen molar-refractivity contribution in [2.24, 2.45) is 0 Å². The highest BCUT2D eigenvalue weighted by Crippen LogP contribution is 2.27. The summed E-state index contributed by atoms with van der Waals surface area (Å²) in [5.74, 6) is 0.895. The van der Waals surface area contributed by atoms with Crippen LogP contribution in [0.2, 0.25) is 5.02 Å². The highest BCUT2D eigenvalue weighted by Gasteiger charge is 2.01. The number of halogens is 1. The van der Waals surface area contributed by atoms with Crippen molar-refractivity contribution in [2.45, 2.75) is 11.3 Å². The molecule has 1 aromatic heterocycles. The number of thiol groups is 1. The van der Waals surface area contributed by atoms with Crippen LogP contribution in [0.3, 0.4) is 0 Å². The van der Waals surface area contributed by atoms with Gasteiger partial charge in [-0.1, -0.05) is 29.8 Å². The minimum absolute atomic E-state index is 0.693. The third kappa shape index (κ3) is 4.40. The van der Waals surface area contributed by atoms with Gasteiger partial charge in [0.25, 0.3) is 0 Å². The molecule has 0 radical (unpaired) electrons. The zero-order chi connectivity index (χ0) is 14.4. The van der Waals surface area contributed by atoms with Gasteiger partial charge in [-0.15, -0.1) is 24.0 Å². The zero-order valence-electron chi connectivity index (χ0n) is 10.9. The third-order valence-electron chi connectivity index (χ3n) is 2.39. The Morgan fingerprint density at radius 2 is 1.95 bits per heavy atom. The number of nitrogens with zero attached hydrogens (tertiary/aromatic N) is 1. The molecule has 0 aliphatic heterocycles. The van der Waals surface area contributed by atoms with Crippen LogP contribution in [0, 0.1) is 0 Å². The molecule has 2 nitrogen and oxygen atoms in total. The molecule has 0 saturated heterocycles. The van der Waals surface area contributed by atoms with Gasteiger partial charge in [-0.3, -0.25) is 0 Å². The first kappa shape index (κ1) is 15.2. The van der Waals surface area contributed by atoms with E-state index in [4.69, 9.17) is 16.3 Å². The first-order valence-electron chi connectivity index (χ1n) is 6.12. The van der Waals surface area contributed by atoms with Crippen LogP contribution in [-0.4, -0.2) is 11.6 Å². The van der Waals surface area contributed by atoms with Crippen molar-refractivity contribution in [3.05, 3.63) is 53.6 Å². The molecule has 0 bridgehead atoms. The fraction of sp³-hybridized carbons (Fsp3) is 0.133. The van der Waals surface area contributed by atoms with E-state index in [0.717, 1.165) is 25.3 Å². The predicted molar refractivity (Wildman–Crippen MR) is 89.5 cm³/mol. The maximum absolute atomic E-state index is 5.54. The van der Waals surface area contributed by atoms with Crippen molar-refractivity contribution < 1.29 is 4.74 Å². The molecule has 0 saturated carbocycles. The first-order chi connectivity index (χ1) is 9.69. The van der Waals surface area contributed by atoms with Gasteiger partial charge in [-0.05, 0) is 37.3 Å². The van der Waals surface area contributed by atoms with E-state index in [1.165, 1.54) is 0 Å². The van der Waals surface area contributed by atoms with Crippen LogP contribution >= 0.6 is 35.6 Å². The van der Waals surface area contributed by atoms with E-state index in [0.29, 0.717) is 6.61 Å². The Balaban J connectivity index is 0.000000178. The second-order valence-electron chi connectivity index (χ2n) is 3.85. The normalized spacial score (nSPS) is 9.95. The third-order valence-corrected chi connectivity index (χ3v) is 3.84. The molecule has 0 N–H and O–H groups in total. The highest BCUT2D eigenvalue weighted by atomic mass is 35.5. The van der Waals surface area contributed by atoms with Gasteiger partial charge in [-0.2, -0.15) is 0 Å². The van der Waals surface area contributed by atoms with Crippen LogP contribution in [0.15, 0.2) is 52.9 Å². The van der Waals surface area contributed by atoms with Gasteiger partial charge >= 0.3 is 0 Å². The van der Waals surface area contributed by atoms with Crippen molar-refractivity contribution in [3.8, 4) is 5.75 Å². The fourth-order valence-electron chi connectivity index (χ4n) is 1.56. The Bertz CT molecular complexity index is 670. The molecular formula is C15H14ClNOS2. The van der Waals surface area contributed by atoms with Crippen LogP contribution in [0.25, 0.3) is 10.2 Å². The number of aromatic nitrogens is 1. The van der Waals surface area contributed by atoms with E-state index in [1.807, 2.05) is 55.5 Å². The lowest BCUT2D eigenvalue weighted by molar-refractivity contribution is 0.341.